The highest BCUT2D eigenvalue weighted by atomic mass is 35.5. The summed E-state index contributed by atoms with van der Waals surface area (Å²) in [5.41, 5.74) is 2.70. The highest BCUT2D eigenvalue weighted by Gasteiger charge is 2.65. The van der Waals surface area contributed by atoms with Gasteiger partial charge in [0.1, 0.15) is 6.10 Å². The number of aliphatic hydroxyl groups is 2. The van der Waals surface area contributed by atoms with E-state index in [4.69, 9.17) is 21.4 Å². The minimum atomic E-state index is -6.34. The number of aliphatic hydroxyl groups excluding tert-OH is 2. The molecule has 6 atom stereocenters. The Balaban J connectivity index is 1.40. The van der Waals surface area contributed by atoms with Crippen molar-refractivity contribution in [1.82, 2.24) is 25.0 Å². The molecule has 0 radical (unpaired) electrons. The van der Waals surface area contributed by atoms with E-state index in [1.54, 1.807) is 0 Å². The molecule has 0 aliphatic heterocycles. The monoisotopic (exact) mass is 624 g/mol. The van der Waals surface area contributed by atoms with E-state index in [2.05, 4.69) is 30.9 Å². The van der Waals surface area contributed by atoms with Crippen LogP contribution in [0.5, 0.6) is 0 Å². The molecule has 0 amide bonds. The third-order valence-corrected chi connectivity index (χ3v) is 11.0. The molecule has 3 aromatic rings. The third kappa shape index (κ3) is 4.85. The number of benzene rings is 1. The van der Waals surface area contributed by atoms with Crippen molar-refractivity contribution in [3.05, 3.63) is 40.7 Å². The van der Waals surface area contributed by atoms with Crippen molar-refractivity contribution in [3.63, 3.8) is 0 Å². The van der Waals surface area contributed by atoms with Crippen LogP contribution in [0.25, 0.3) is 11.2 Å². The number of hydrogen-bond acceptors (Lipinski definition) is 10. The van der Waals surface area contributed by atoms with Gasteiger partial charge in [-0.3, -0.25) is 9.13 Å². The van der Waals surface area contributed by atoms with Crippen LogP contribution in [0.4, 0.5) is 14.6 Å². The van der Waals surface area contributed by atoms with Gasteiger partial charge in [-0.25, -0.2) is 4.68 Å². The fourth-order valence-electron chi connectivity index (χ4n) is 5.29. The van der Waals surface area contributed by atoms with Gasteiger partial charge in [-0.15, -0.1) is 5.10 Å². The Morgan fingerprint density at radius 2 is 1.88 bits per heavy atom. The maximum Gasteiger partial charge on any atom is 0.443 e. The fraction of sp³-hybridized carbons (Fsp3) is 0.524. The van der Waals surface area contributed by atoms with Crippen molar-refractivity contribution < 1.29 is 47.3 Å². The van der Waals surface area contributed by atoms with Crippen LogP contribution in [-0.4, -0.2) is 81.1 Å². The minimum absolute atomic E-state index is 0.0311. The summed E-state index contributed by atoms with van der Waals surface area (Å²) in [7, 11) is -10.7. The van der Waals surface area contributed by atoms with E-state index < -0.39 is 51.4 Å². The van der Waals surface area contributed by atoms with Crippen molar-refractivity contribution in [2.24, 2.45) is 5.92 Å². The maximum absolute atomic E-state index is 13.8. The first kappa shape index (κ1) is 29.4. The number of aromatic nitrogens is 5. The first-order valence-electron chi connectivity index (χ1n) is 12.0. The lowest BCUT2D eigenvalue weighted by Crippen LogP contribution is -2.31. The summed E-state index contributed by atoms with van der Waals surface area (Å²) in [4.78, 5) is 37.5. The number of fused-ring (bicyclic) bond motifs is 2. The van der Waals surface area contributed by atoms with Gasteiger partial charge in [0.2, 0.25) is 5.28 Å². The van der Waals surface area contributed by atoms with Gasteiger partial charge in [-0.1, -0.05) is 29.5 Å². The first-order chi connectivity index (χ1) is 18.6. The molecule has 218 valence electrons. The Morgan fingerprint density at radius 3 is 2.58 bits per heavy atom. The molecule has 2 aromatic heterocycles. The number of aryl methyl sites for hydroxylation is 1. The highest BCUT2D eigenvalue weighted by molar-refractivity contribution is 7.72. The quantitative estimate of drug-likeness (QED) is 0.180. The molecule has 0 spiro atoms. The molecule has 2 aliphatic carbocycles. The number of rotatable bonds is 8. The lowest BCUT2D eigenvalue weighted by Gasteiger charge is -2.26. The smallest absolute Gasteiger partial charge is 0.390 e. The average Bonchev–Trinajstić information content (AvgIpc) is 3.57. The summed E-state index contributed by atoms with van der Waals surface area (Å²) < 4.78 is 56.0. The summed E-state index contributed by atoms with van der Waals surface area (Å²) in [5, 5.41) is 24.0. The molecule has 1 unspecified atom stereocenters. The molecule has 0 bridgehead atoms. The zero-order chi connectivity index (χ0) is 29.2. The molecule has 1 saturated carbocycles. The zero-order valence-electron chi connectivity index (χ0n) is 20.7. The largest absolute Gasteiger partial charge is 0.443 e. The van der Waals surface area contributed by atoms with Crippen LogP contribution in [0, 0.1) is 5.92 Å². The second kappa shape index (κ2) is 10.3. The molecule has 2 aliphatic rings. The molecular weight excluding hydrogens is 600 g/mol. The normalized spacial score (nSPS) is 26.7. The van der Waals surface area contributed by atoms with Gasteiger partial charge in [-0.05, 0) is 42.0 Å². The van der Waals surface area contributed by atoms with Crippen LogP contribution in [0.1, 0.15) is 36.1 Å². The maximum atomic E-state index is 13.8. The van der Waals surface area contributed by atoms with E-state index in [1.165, 1.54) is 10.2 Å². The van der Waals surface area contributed by atoms with Gasteiger partial charge >= 0.3 is 20.6 Å². The third-order valence-electron chi connectivity index (χ3n) is 7.42. The Hall–Kier alpha value is -2.13. The molecule has 5 N–H and O–H groups in total. The second-order valence-corrected chi connectivity index (χ2v) is 14.0. The predicted molar refractivity (Wildman–Crippen MR) is 136 cm³/mol. The van der Waals surface area contributed by atoms with E-state index in [-0.39, 0.29) is 28.9 Å². The number of nitrogens with zero attached hydrogens (tertiary/aromatic N) is 6. The van der Waals surface area contributed by atoms with Crippen molar-refractivity contribution >= 4 is 43.8 Å². The van der Waals surface area contributed by atoms with E-state index in [0.717, 1.165) is 18.4 Å². The summed E-state index contributed by atoms with van der Waals surface area (Å²) in [6.07, 6.45) is -1.71. The molecule has 2 heterocycles. The topological polar surface area (TPSA) is 204 Å². The van der Waals surface area contributed by atoms with Gasteiger partial charge in [0, 0.05) is 13.0 Å². The second-order valence-electron chi connectivity index (χ2n) is 9.80. The SMILES string of the molecule is CN(c1nc(Cl)nc2c1nnn2[C@@H]1C[C@H](COP(=O)(O)C(F)(F)P(=O)(O)O)[C@@H](O)[C@H]1O)[C@@H]1CCc2ccccc21. The summed E-state index contributed by atoms with van der Waals surface area (Å²) >= 11 is 6.24. The Bertz CT molecular complexity index is 1540. The van der Waals surface area contributed by atoms with E-state index in [9.17, 15) is 33.0 Å². The molecule has 14 nitrogen and oxygen atoms in total. The minimum Gasteiger partial charge on any atom is -0.390 e. The van der Waals surface area contributed by atoms with Gasteiger partial charge < -0.3 is 34.3 Å². The summed E-state index contributed by atoms with van der Waals surface area (Å²) in [6.45, 7) is -1.02. The molecule has 1 fully saturated rings. The molecule has 40 heavy (non-hydrogen) atoms. The van der Waals surface area contributed by atoms with E-state index in [1.807, 2.05) is 30.1 Å². The van der Waals surface area contributed by atoms with Gasteiger partial charge in [0.25, 0.3) is 0 Å². The number of halogens is 3. The van der Waals surface area contributed by atoms with Crippen LogP contribution in [-0.2, 0) is 20.1 Å². The first-order valence-corrected chi connectivity index (χ1v) is 15.6. The molecule has 1 aromatic carbocycles. The van der Waals surface area contributed by atoms with Crippen molar-refractivity contribution in [3.8, 4) is 0 Å². The lowest BCUT2D eigenvalue weighted by molar-refractivity contribution is -0.00594. The Labute approximate surface area is 230 Å². The zero-order valence-corrected chi connectivity index (χ0v) is 23.2. The lowest BCUT2D eigenvalue weighted by atomic mass is 10.1. The van der Waals surface area contributed by atoms with E-state index >= 15 is 0 Å². The summed E-state index contributed by atoms with van der Waals surface area (Å²) in [5.74, 6) is -0.821. The molecule has 19 heteroatoms. The Morgan fingerprint density at radius 1 is 1.18 bits per heavy atom. The number of anilines is 1. The van der Waals surface area contributed by atoms with Gasteiger partial charge in [0.05, 0.1) is 24.8 Å². The molecule has 0 saturated heterocycles. The number of alkyl halides is 2. The van der Waals surface area contributed by atoms with Crippen LogP contribution in [0.2, 0.25) is 5.28 Å². The van der Waals surface area contributed by atoms with Crippen molar-refractivity contribution in [2.75, 3.05) is 18.6 Å². The standard InChI is InChI=1S/C21H25ClF2N6O8P2/c1-29(13-7-6-10-4-2-3-5-12(10)13)18-15-19(26-20(22)25-18)30(28-27-15)14-8-11(16(31)17(14)32)9-38-40(36,37)21(23,24)39(33,34)35/h2-5,11,13-14,16-17,31-32H,6-9H2,1H3,(H,36,37)(H2,33,34,35)/t11-,13-,14-,16-,17+/m1/s1. The molecule has 5 rings (SSSR count). The number of hydrogen-bond donors (Lipinski definition) is 5. The van der Waals surface area contributed by atoms with Crippen LogP contribution < -0.4 is 4.90 Å². The van der Waals surface area contributed by atoms with Crippen LogP contribution in [0.15, 0.2) is 24.3 Å². The fourth-order valence-corrected chi connectivity index (χ4v) is 7.49. The van der Waals surface area contributed by atoms with Gasteiger partial charge in [0.15, 0.2) is 17.0 Å². The highest BCUT2D eigenvalue weighted by Crippen LogP contribution is 2.73. The average molecular weight is 625 g/mol. The predicted octanol–water partition coefficient (Wildman–Crippen LogP) is 2.21. The van der Waals surface area contributed by atoms with Crippen molar-refractivity contribution in [2.45, 2.75) is 49.0 Å². The van der Waals surface area contributed by atoms with Crippen molar-refractivity contribution in [1.29, 1.82) is 0 Å². The summed E-state index contributed by atoms with van der Waals surface area (Å²) in [6, 6.07) is 6.92. The van der Waals surface area contributed by atoms with E-state index in [0.29, 0.717) is 5.82 Å². The van der Waals surface area contributed by atoms with Gasteiger partial charge in [-0.2, -0.15) is 18.7 Å². The van der Waals surface area contributed by atoms with Crippen LogP contribution >= 0.6 is 26.8 Å². The van der Waals surface area contributed by atoms with Crippen LogP contribution in [0.3, 0.4) is 0 Å². The molecular formula is C21H25ClF2N6O8P2. The Kier molecular flexibility index (Phi) is 7.56.